The van der Waals surface area contributed by atoms with Crippen LogP contribution in [0.25, 0.3) is 5.69 Å². The minimum absolute atomic E-state index is 0.0485. The zero-order chi connectivity index (χ0) is 18.8. The van der Waals surface area contributed by atoms with Gasteiger partial charge in [-0.2, -0.15) is 5.10 Å². The van der Waals surface area contributed by atoms with Crippen molar-refractivity contribution in [2.45, 2.75) is 46.1 Å². The van der Waals surface area contributed by atoms with Gasteiger partial charge in [-0.05, 0) is 51.0 Å². The molecule has 1 aromatic carbocycles. The van der Waals surface area contributed by atoms with Crippen LogP contribution in [0.5, 0.6) is 0 Å². The lowest BCUT2D eigenvalue weighted by molar-refractivity contribution is 0.0314. The Hall–Kier alpha value is -2.21. The first-order valence-electron chi connectivity index (χ1n) is 8.49. The molecule has 1 amide bonds. The Balaban J connectivity index is 2.44. The predicted molar refractivity (Wildman–Crippen MR) is 95.5 cm³/mol. The summed E-state index contributed by atoms with van der Waals surface area (Å²) in [6, 6.07) is 6.01. The van der Waals surface area contributed by atoms with E-state index < -0.39 is 5.60 Å². The zero-order valence-corrected chi connectivity index (χ0v) is 15.5. The molecule has 0 saturated heterocycles. The molecule has 0 radical (unpaired) electrons. The Morgan fingerprint density at radius 1 is 1.32 bits per heavy atom. The van der Waals surface area contributed by atoms with Crippen molar-refractivity contribution in [1.82, 2.24) is 14.7 Å². The van der Waals surface area contributed by atoms with E-state index in [1.165, 1.54) is 12.1 Å². The number of nitrogens with zero attached hydrogens (tertiary/aromatic N) is 3. The summed E-state index contributed by atoms with van der Waals surface area (Å²) in [5.74, 6) is -0.435. The zero-order valence-electron chi connectivity index (χ0n) is 15.5. The second-order valence-corrected chi connectivity index (χ2v) is 7.12. The molecular formula is C19H26FN3O2. The third kappa shape index (κ3) is 4.45. The number of amides is 1. The molecule has 0 aliphatic heterocycles. The van der Waals surface area contributed by atoms with Gasteiger partial charge in [-0.3, -0.25) is 4.79 Å². The van der Waals surface area contributed by atoms with Crippen molar-refractivity contribution in [3.63, 3.8) is 0 Å². The number of rotatable bonds is 6. The Morgan fingerprint density at radius 2 is 1.92 bits per heavy atom. The summed E-state index contributed by atoms with van der Waals surface area (Å²) >= 11 is 0. The summed E-state index contributed by atoms with van der Waals surface area (Å²) < 4.78 is 14.9. The van der Waals surface area contributed by atoms with Crippen molar-refractivity contribution in [3.8, 4) is 5.69 Å². The summed E-state index contributed by atoms with van der Waals surface area (Å²) in [4.78, 5) is 14.6. The molecule has 136 valence electrons. The van der Waals surface area contributed by atoms with Crippen molar-refractivity contribution < 1.29 is 14.3 Å². The molecule has 1 heterocycles. The second-order valence-electron chi connectivity index (χ2n) is 7.12. The highest BCUT2D eigenvalue weighted by Crippen LogP contribution is 2.25. The van der Waals surface area contributed by atoms with Crippen LogP contribution in [0.4, 0.5) is 4.39 Å². The lowest BCUT2D eigenvalue weighted by Crippen LogP contribution is -2.42. The van der Waals surface area contributed by atoms with Gasteiger partial charge in [0.25, 0.3) is 5.91 Å². The molecule has 2 rings (SSSR count). The molecule has 0 atom stereocenters. The summed E-state index contributed by atoms with van der Waals surface area (Å²) in [7, 11) is 0. The van der Waals surface area contributed by atoms with Crippen LogP contribution >= 0.6 is 0 Å². The van der Waals surface area contributed by atoms with E-state index in [1.54, 1.807) is 41.8 Å². The van der Waals surface area contributed by atoms with Crippen LogP contribution in [-0.4, -0.2) is 44.4 Å². The predicted octanol–water partition coefficient (Wildman–Crippen LogP) is 3.37. The van der Waals surface area contributed by atoms with Gasteiger partial charge in [0.1, 0.15) is 5.82 Å². The minimum atomic E-state index is -0.976. The van der Waals surface area contributed by atoms with E-state index in [0.29, 0.717) is 17.8 Å². The maximum Gasteiger partial charge on any atom is 0.257 e. The third-order valence-corrected chi connectivity index (χ3v) is 3.90. The van der Waals surface area contributed by atoms with Crippen molar-refractivity contribution in [2.24, 2.45) is 0 Å². The fraction of sp³-hybridized carbons (Fsp3) is 0.474. The summed E-state index contributed by atoms with van der Waals surface area (Å²) in [5.41, 5.74) is 1.00. The van der Waals surface area contributed by atoms with Crippen LogP contribution < -0.4 is 0 Å². The molecule has 25 heavy (non-hydrogen) atoms. The number of aromatic nitrogens is 2. The second kappa shape index (κ2) is 7.35. The Bertz CT molecular complexity index is 730. The molecule has 0 fully saturated rings. The smallest absolute Gasteiger partial charge is 0.257 e. The van der Waals surface area contributed by atoms with Gasteiger partial charge in [-0.1, -0.05) is 13.8 Å². The number of halogens is 1. The van der Waals surface area contributed by atoms with E-state index in [-0.39, 0.29) is 24.2 Å². The van der Waals surface area contributed by atoms with E-state index in [4.69, 9.17) is 0 Å². The van der Waals surface area contributed by atoms with Crippen LogP contribution in [0.15, 0.2) is 30.5 Å². The molecule has 0 bridgehead atoms. The maximum atomic E-state index is 13.2. The van der Waals surface area contributed by atoms with Gasteiger partial charge in [-0.15, -0.1) is 0 Å². The van der Waals surface area contributed by atoms with E-state index in [1.807, 2.05) is 20.8 Å². The highest BCUT2D eigenvalue weighted by atomic mass is 19.1. The lowest BCUT2D eigenvalue weighted by atomic mass is 10.0. The van der Waals surface area contributed by atoms with Gasteiger partial charge in [0.15, 0.2) is 0 Å². The average Bonchev–Trinajstić information content (AvgIpc) is 2.97. The quantitative estimate of drug-likeness (QED) is 0.872. The highest BCUT2D eigenvalue weighted by molar-refractivity contribution is 5.95. The SMILES string of the molecule is CCN(CC(C)(C)O)C(=O)c1cnn(-c2ccc(F)cc2)c1C(C)C. The van der Waals surface area contributed by atoms with Gasteiger partial charge in [0.2, 0.25) is 0 Å². The molecule has 0 aliphatic carbocycles. The molecule has 0 saturated carbocycles. The number of aliphatic hydroxyl groups is 1. The van der Waals surface area contributed by atoms with Gasteiger partial charge in [0.05, 0.1) is 28.7 Å². The fourth-order valence-electron chi connectivity index (χ4n) is 2.83. The molecule has 1 aromatic heterocycles. The summed E-state index contributed by atoms with van der Waals surface area (Å²) in [6.07, 6.45) is 1.55. The van der Waals surface area contributed by atoms with Crippen molar-refractivity contribution in [3.05, 3.63) is 47.5 Å². The third-order valence-electron chi connectivity index (χ3n) is 3.90. The van der Waals surface area contributed by atoms with E-state index in [9.17, 15) is 14.3 Å². The molecule has 0 spiro atoms. The Morgan fingerprint density at radius 3 is 2.40 bits per heavy atom. The van der Waals surface area contributed by atoms with Gasteiger partial charge in [-0.25, -0.2) is 9.07 Å². The summed E-state index contributed by atoms with van der Waals surface area (Å²) in [6.45, 7) is 9.93. The van der Waals surface area contributed by atoms with E-state index in [2.05, 4.69) is 5.10 Å². The van der Waals surface area contributed by atoms with E-state index >= 15 is 0 Å². The van der Waals surface area contributed by atoms with E-state index in [0.717, 1.165) is 5.69 Å². The first kappa shape index (κ1) is 19.1. The average molecular weight is 347 g/mol. The number of hydrogen-bond donors (Lipinski definition) is 1. The number of carbonyl (C=O) groups excluding carboxylic acids is 1. The molecule has 0 unspecified atom stereocenters. The number of benzene rings is 1. The summed E-state index contributed by atoms with van der Waals surface area (Å²) in [5, 5.41) is 14.4. The van der Waals surface area contributed by atoms with Crippen molar-refractivity contribution in [1.29, 1.82) is 0 Å². The highest BCUT2D eigenvalue weighted by Gasteiger charge is 2.27. The monoisotopic (exact) mass is 347 g/mol. The van der Waals surface area contributed by atoms with Crippen molar-refractivity contribution >= 4 is 5.91 Å². The fourth-order valence-corrected chi connectivity index (χ4v) is 2.83. The Kier molecular flexibility index (Phi) is 5.62. The van der Waals surface area contributed by atoms with Gasteiger partial charge >= 0.3 is 0 Å². The van der Waals surface area contributed by atoms with Crippen molar-refractivity contribution in [2.75, 3.05) is 13.1 Å². The number of carbonyl (C=O) groups is 1. The van der Waals surface area contributed by atoms with Crippen LogP contribution in [0.3, 0.4) is 0 Å². The van der Waals surface area contributed by atoms with Crippen LogP contribution in [0.1, 0.15) is 56.6 Å². The molecule has 1 N–H and O–H groups in total. The maximum absolute atomic E-state index is 13.2. The standard InChI is InChI=1S/C19H26FN3O2/c1-6-22(12-19(4,5)25)18(24)16-11-21-23(17(16)13(2)3)15-9-7-14(20)8-10-15/h7-11,13,25H,6,12H2,1-5H3. The minimum Gasteiger partial charge on any atom is -0.389 e. The normalized spacial score (nSPS) is 11.8. The van der Waals surface area contributed by atoms with Gasteiger partial charge in [0, 0.05) is 13.1 Å². The van der Waals surface area contributed by atoms with Crippen LogP contribution in [-0.2, 0) is 0 Å². The van der Waals surface area contributed by atoms with Crippen LogP contribution in [0, 0.1) is 5.82 Å². The molecular weight excluding hydrogens is 321 g/mol. The molecule has 5 nitrogen and oxygen atoms in total. The number of likely N-dealkylation sites (N-methyl/N-ethyl adjacent to an activating group) is 1. The first-order chi connectivity index (χ1) is 11.6. The molecule has 0 aliphatic rings. The molecule has 2 aromatic rings. The first-order valence-corrected chi connectivity index (χ1v) is 8.49. The topological polar surface area (TPSA) is 58.4 Å². The largest absolute Gasteiger partial charge is 0.389 e. The molecule has 6 heteroatoms. The Labute approximate surface area is 148 Å². The lowest BCUT2D eigenvalue weighted by Gasteiger charge is -2.28. The van der Waals surface area contributed by atoms with Gasteiger partial charge < -0.3 is 10.0 Å². The number of hydrogen-bond acceptors (Lipinski definition) is 3. The van der Waals surface area contributed by atoms with Crippen LogP contribution in [0.2, 0.25) is 0 Å².